The summed E-state index contributed by atoms with van der Waals surface area (Å²) in [6.45, 7) is 3.50. The molecule has 1 aromatic heterocycles. The molecule has 1 amide bonds. The van der Waals surface area contributed by atoms with Gasteiger partial charge in [-0.2, -0.15) is 0 Å². The number of ether oxygens (including phenoxy) is 1. The molecule has 0 fully saturated rings. The highest BCUT2D eigenvalue weighted by Gasteiger charge is 2.25. The molecule has 1 N–H and O–H groups in total. The van der Waals surface area contributed by atoms with E-state index in [4.69, 9.17) is 9.15 Å². The van der Waals surface area contributed by atoms with Crippen molar-refractivity contribution in [2.24, 2.45) is 0 Å². The van der Waals surface area contributed by atoms with Gasteiger partial charge in [-0.1, -0.05) is 48.5 Å². The first kappa shape index (κ1) is 23.8. The lowest BCUT2D eigenvalue weighted by atomic mass is 10.1. The molecule has 0 saturated heterocycles. The molecular weight excluding hydrogens is 444 g/mol. The first-order valence-electron chi connectivity index (χ1n) is 11.2. The quantitative estimate of drug-likeness (QED) is 0.346. The molecule has 0 aliphatic heterocycles. The van der Waals surface area contributed by atoms with E-state index in [1.54, 1.807) is 36.4 Å². The van der Waals surface area contributed by atoms with Crippen LogP contribution in [0.4, 0.5) is 0 Å². The number of rotatable bonds is 9. The number of aromatic nitrogens is 1. The minimum atomic E-state index is -1.07. The molecule has 4 rings (SSSR count). The van der Waals surface area contributed by atoms with E-state index in [0.29, 0.717) is 28.7 Å². The maximum absolute atomic E-state index is 13.0. The number of carbonyl (C=O) groups is 2. The smallest absolute Gasteiger partial charge is 0.323 e. The fourth-order valence-electron chi connectivity index (χ4n) is 3.72. The van der Waals surface area contributed by atoms with Crippen molar-refractivity contribution in [1.82, 2.24) is 9.88 Å². The van der Waals surface area contributed by atoms with E-state index in [-0.39, 0.29) is 12.5 Å². The van der Waals surface area contributed by atoms with E-state index in [2.05, 4.69) is 4.98 Å². The van der Waals surface area contributed by atoms with Crippen molar-refractivity contribution in [3.05, 3.63) is 108 Å². The third-order valence-electron chi connectivity index (χ3n) is 5.71. The summed E-state index contributed by atoms with van der Waals surface area (Å²) < 4.78 is 11.7. The second-order valence-corrected chi connectivity index (χ2v) is 8.11. The van der Waals surface area contributed by atoms with Gasteiger partial charge in [0, 0.05) is 11.1 Å². The summed E-state index contributed by atoms with van der Waals surface area (Å²) in [5.41, 5.74) is 2.85. The molecular formula is C28H26N2O5. The molecule has 0 radical (unpaired) electrons. The summed E-state index contributed by atoms with van der Waals surface area (Å²) in [5, 5.41) is 9.37. The number of oxazole rings is 1. The van der Waals surface area contributed by atoms with Crippen LogP contribution in [0.5, 0.6) is 5.75 Å². The van der Waals surface area contributed by atoms with Gasteiger partial charge in [0.15, 0.2) is 0 Å². The second kappa shape index (κ2) is 10.7. The largest absolute Gasteiger partial charge is 0.487 e. The first-order valence-corrected chi connectivity index (χ1v) is 11.2. The predicted molar refractivity (Wildman–Crippen MR) is 131 cm³/mol. The van der Waals surface area contributed by atoms with E-state index in [0.717, 1.165) is 11.1 Å². The van der Waals surface area contributed by atoms with Crippen molar-refractivity contribution < 1.29 is 23.8 Å². The zero-order valence-electron chi connectivity index (χ0n) is 19.5. The van der Waals surface area contributed by atoms with Crippen molar-refractivity contribution in [2.45, 2.75) is 26.5 Å². The van der Waals surface area contributed by atoms with Crippen molar-refractivity contribution in [3.63, 3.8) is 0 Å². The lowest BCUT2D eigenvalue weighted by Gasteiger charge is -2.28. The molecule has 0 spiro atoms. The monoisotopic (exact) mass is 470 g/mol. The number of nitrogens with zero attached hydrogens (tertiary/aromatic N) is 2. The number of benzene rings is 3. The average molecular weight is 471 g/mol. The van der Waals surface area contributed by atoms with Crippen LogP contribution in [0.2, 0.25) is 0 Å². The Balaban J connectivity index is 1.44. The van der Waals surface area contributed by atoms with Crippen molar-refractivity contribution in [2.75, 3.05) is 6.54 Å². The molecule has 178 valence electrons. The minimum absolute atomic E-state index is 0.245. The standard InChI is InChI=1S/C28H26N2O5/c1-19(30(17-26(31)32)28(33)23-11-7-4-8-12-23)21-13-15-24(16-14-21)34-18-25-20(2)35-27(29-25)22-9-5-3-6-10-22/h3-16,19H,17-18H2,1-2H3,(H,31,32)/t19-/m0/s1. The molecule has 35 heavy (non-hydrogen) atoms. The van der Waals surface area contributed by atoms with Gasteiger partial charge in [-0.25, -0.2) is 4.98 Å². The summed E-state index contributed by atoms with van der Waals surface area (Å²) in [4.78, 5) is 30.3. The molecule has 1 heterocycles. The van der Waals surface area contributed by atoms with E-state index in [1.807, 2.05) is 62.4 Å². The summed E-state index contributed by atoms with van der Waals surface area (Å²) in [7, 11) is 0. The fourth-order valence-corrected chi connectivity index (χ4v) is 3.72. The van der Waals surface area contributed by atoms with Crippen LogP contribution in [0.25, 0.3) is 11.5 Å². The Kier molecular flexibility index (Phi) is 7.26. The summed E-state index contributed by atoms with van der Waals surface area (Å²) in [6, 6.07) is 25.1. The Bertz CT molecular complexity index is 1280. The van der Waals surface area contributed by atoms with E-state index >= 15 is 0 Å². The fraction of sp³-hybridized carbons (Fsp3) is 0.179. The molecule has 3 aromatic carbocycles. The average Bonchev–Trinajstić information content (AvgIpc) is 3.27. The Hall–Kier alpha value is -4.39. The van der Waals surface area contributed by atoms with Crippen molar-refractivity contribution in [3.8, 4) is 17.2 Å². The molecule has 0 bridgehead atoms. The highest BCUT2D eigenvalue weighted by atomic mass is 16.5. The van der Waals surface area contributed by atoms with Gasteiger partial charge in [-0.15, -0.1) is 0 Å². The summed E-state index contributed by atoms with van der Waals surface area (Å²) in [5.74, 6) is 0.463. The molecule has 0 unspecified atom stereocenters. The molecule has 0 aliphatic carbocycles. The highest BCUT2D eigenvalue weighted by molar-refractivity contribution is 5.96. The predicted octanol–water partition coefficient (Wildman–Crippen LogP) is 5.52. The lowest BCUT2D eigenvalue weighted by Crippen LogP contribution is -2.37. The summed E-state index contributed by atoms with van der Waals surface area (Å²) >= 11 is 0. The number of carbonyl (C=O) groups excluding carboxylic acids is 1. The van der Waals surface area contributed by atoms with Gasteiger partial charge in [0.25, 0.3) is 5.91 Å². The lowest BCUT2D eigenvalue weighted by molar-refractivity contribution is -0.138. The van der Waals surface area contributed by atoms with Crippen LogP contribution in [0.1, 0.15) is 40.3 Å². The second-order valence-electron chi connectivity index (χ2n) is 8.11. The van der Waals surface area contributed by atoms with Gasteiger partial charge in [0.2, 0.25) is 5.89 Å². The third kappa shape index (κ3) is 5.76. The van der Waals surface area contributed by atoms with Gasteiger partial charge in [-0.05, 0) is 55.8 Å². The zero-order chi connectivity index (χ0) is 24.8. The Morgan fingerprint density at radius 1 is 0.971 bits per heavy atom. The van der Waals surface area contributed by atoms with Gasteiger partial charge in [0.1, 0.15) is 30.4 Å². The van der Waals surface area contributed by atoms with Crippen LogP contribution in [-0.4, -0.2) is 33.4 Å². The van der Waals surface area contributed by atoms with Crippen molar-refractivity contribution in [1.29, 1.82) is 0 Å². The normalized spacial score (nSPS) is 11.6. The van der Waals surface area contributed by atoms with Crippen LogP contribution in [0, 0.1) is 6.92 Å². The van der Waals surface area contributed by atoms with E-state index in [9.17, 15) is 14.7 Å². The number of carboxylic acid groups (broad SMARTS) is 1. The maximum atomic E-state index is 13.0. The number of aryl methyl sites for hydroxylation is 1. The van der Waals surface area contributed by atoms with E-state index in [1.165, 1.54) is 4.90 Å². The topological polar surface area (TPSA) is 92.9 Å². The van der Waals surface area contributed by atoms with Crippen LogP contribution in [0.15, 0.2) is 89.3 Å². The highest BCUT2D eigenvalue weighted by Crippen LogP contribution is 2.26. The minimum Gasteiger partial charge on any atom is -0.487 e. The molecule has 7 heteroatoms. The van der Waals surface area contributed by atoms with Gasteiger partial charge in [0.05, 0.1) is 6.04 Å². The number of aliphatic carboxylic acids is 1. The van der Waals surface area contributed by atoms with Gasteiger partial charge in [-0.3, -0.25) is 9.59 Å². The number of amides is 1. The zero-order valence-corrected chi connectivity index (χ0v) is 19.5. The molecule has 0 aliphatic rings. The van der Waals surface area contributed by atoms with Gasteiger partial charge < -0.3 is 19.2 Å². The maximum Gasteiger partial charge on any atom is 0.323 e. The number of carboxylic acids is 1. The first-order chi connectivity index (χ1) is 16.9. The Morgan fingerprint density at radius 3 is 2.23 bits per heavy atom. The molecule has 4 aromatic rings. The van der Waals surface area contributed by atoms with Crippen LogP contribution >= 0.6 is 0 Å². The van der Waals surface area contributed by atoms with E-state index < -0.39 is 18.6 Å². The third-order valence-corrected chi connectivity index (χ3v) is 5.71. The molecule has 7 nitrogen and oxygen atoms in total. The van der Waals surface area contributed by atoms with Gasteiger partial charge >= 0.3 is 5.97 Å². The van der Waals surface area contributed by atoms with Crippen molar-refractivity contribution >= 4 is 11.9 Å². The Labute approximate surface area is 203 Å². The molecule has 0 saturated carbocycles. The van der Waals surface area contributed by atoms with Crippen LogP contribution in [0.3, 0.4) is 0 Å². The molecule has 1 atom stereocenters. The SMILES string of the molecule is Cc1oc(-c2ccccc2)nc1COc1ccc([C@H](C)N(CC(=O)O)C(=O)c2ccccc2)cc1. The number of hydrogen-bond acceptors (Lipinski definition) is 5. The summed E-state index contributed by atoms with van der Waals surface area (Å²) in [6.07, 6.45) is 0. The van der Waals surface area contributed by atoms with Crippen LogP contribution < -0.4 is 4.74 Å². The van der Waals surface area contributed by atoms with Crippen LogP contribution in [-0.2, 0) is 11.4 Å². The Morgan fingerprint density at radius 2 is 1.60 bits per heavy atom. The number of hydrogen-bond donors (Lipinski definition) is 1.